The Morgan fingerprint density at radius 1 is 1.07 bits per heavy atom. The summed E-state index contributed by atoms with van der Waals surface area (Å²) in [5, 5.41) is 14.6. The van der Waals surface area contributed by atoms with Crippen LogP contribution in [0.1, 0.15) is 48.8 Å². The number of aromatic nitrogens is 3. The lowest BCUT2D eigenvalue weighted by Gasteiger charge is -2.33. The Hall–Kier alpha value is -2.44. The molecular formula is C23H28ClN5O. The van der Waals surface area contributed by atoms with Gasteiger partial charge in [0.25, 0.3) is 0 Å². The van der Waals surface area contributed by atoms with Gasteiger partial charge in [0, 0.05) is 32.1 Å². The first kappa shape index (κ1) is 20.8. The fourth-order valence-electron chi connectivity index (χ4n) is 4.67. The van der Waals surface area contributed by atoms with Gasteiger partial charge in [-0.3, -0.25) is 4.79 Å². The highest BCUT2D eigenvalue weighted by molar-refractivity contribution is 5.87. The molecule has 158 valence electrons. The number of fused-ring (bicyclic) bond motifs is 2. The van der Waals surface area contributed by atoms with E-state index in [0.29, 0.717) is 5.92 Å². The largest absolute Gasteiger partial charge is 0.342 e. The molecule has 1 aromatic heterocycles. The van der Waals surface area contributed by atoms with E-state index >= 15 is 0 Å². The number of nitrogens with zero attached hydrogens (tertiary/aromatic N) is 4. The van der Waals surface area contributed by atoms with Gasteiger partial charge in [-0.15, -0.1) is 22.6 Å². The molecule has 0 aliphatic carbocycles. The summed E-state index contributed by atoms with van der Waals surface area (Å²) in [7, 11) is 0. The number of piperidine rings is 1. The van der Waals surface area contributed by atoms with Crippen LogP contribution >= 0.6 is 12.4 Å². The van der Waals surface area contributed by atoms with Crippen LogP contribution in [0.5, 0.6) is 0 Å². The molecule has 0 saturated carbocycles. The minimum Gasteiger partial charge on any atom is -0.342 e. The lowest BCUT2D eigenvalue weighted by atomic mass is 9.92. The summed E-state index contributed by atoms with van der Waals surface area (Å²) in [6.45, 7) is 6.33. The van der Waals surface area contributed by atoms with Crippen LogP contribution in [-0.4, -0.2) is 45.2 Å². The van der Waals surface area contributed by atoms with Crippen molar-refractivity contribution in [3.63, 3.8) is 0 Å². The molecule has 1 saturated heterocycles. The predicted molar refractivity (Wildman–Crippen MR) is 120 cm³/mol. The van der Waals surface area contributed by atoms with Crippen LogP contribution in [-0.2, 0) is 17.9 Å². The van der Waals surface area contributed by atoms with E-state index < -0.39 is 0 Å². The van der Waals surface area contributed by atoms with E-state index in [1.165, 1.54) is 10.8 Å². The van der Waals surface area contributed by atoms with E-state index in [1.54, 1.807) is 0 Å². The van der Waals surface area contributed by atoms with E-state index in [2.05, 4.69) is 50.4 Å². The lowest BCUT2D eigenvalue weighted by molar-refractivity contribution is -0.133. The van der Waals surface area contributed by atoms with Crippen molar-refractivity contribution in [1.82, 2.24) is 25.0 Å². The van der Waals surface area contributed by atoms with Crippen LogP contribution in [0, 0.1) is 0 Å². The van der Waals surface area contributed by atoms with Crippen LogP contribution in [0.25, 0.3) is 10.8 Å². The Morgan fingerprint density at radius 3 is 2.63 bits per heavy atom. The molecule has 6 nitrogen and oxygen atoms in total. The fourth-order valence-corrected chi connectivity index (χ4v) is 4.67. The third kappa shape index (κ3) is 3.82. The van der Waals surface area contributed by atoms with Crippen LogP contribution in [0.2, 0.25) is 0 Å². The van der Waals surface area contributed by atoms with Crippen LogP contribution < -0.4 is 5.32 Å². The summed E-state index contributed by atoms with van der Waals surface area (Å²) in [6.07, 6.45) is 1.92. The summed E-state index contributed by atoms with van der Waals surface area (Å²) in [6, 6.07) is 14.7. The molecule has 0 spiro atoms. The van der Waals surface area contributed by atoms with Gasteiger partial charge in [0.2, 0.25) is 5.91 Å². The number of carbonyl (C=O) groups is 1. The molecule has 3 aromatic rings. The molecule has 2 aromatic carbocycles. The van der Waals surface area contributed by atoms with Crippen LogP contribution in [0.15, 0.2) is 42.5 Å². The van der Waals surface area contributed by atoms with Gasteiger partial charge in [0.15, 0.2) is 0 Å². The molecule has 3 heterocycles. The molecular weight excluding hydrogens is 398 g/mol. The minimum absolute atomic E-state index is 0. The molecule has 30 heavy (non-hydrogen) atoms. The zero-order valence-corrected chi connectivity index (χ0v) is 18.1. The quantitative estimate of drug-likeness (QED) is 0.698. The maximum absolute atomic E-state index is 13.1. The average Bonchev–Trinajstić information content (AvgIpc) is 3.22. The highest BCUT2D eigenvalue weighted by Gasteiger charge is 2.30. The van der Waals surface area contributed by atoms with E-state index in [0.717, 1.165) is 62.8 Å². The predicted octanol–water partition coefficient (Wildman–Crippen LogP) is 3.47. The molecule has 1 fully saturated rings. The molecule has 1 amide bonds. The Labute approximate surface area is 183 Å². The molecule has 2 aliphatic rings. The monoisotopic (exact) mass is 425 g/mol. The van der Waals surface area contributed by atoms with Crippen molar-refractivity contribution in [2.24, 2.45) is 0 Å². The first-order chi connectivity index (χ1) is 14.2. The highest BCUT2D eigenvalue weighted by Crippen LogP contribution is 2.30. The molecule has 1 N–H and O–H groups in total. The standard InChI is InChI=1S/C23H27N5O.ClH/c1-16(19-7-6-17-4-2-3-5-20(17)14-19)23(29)27-11-8-18(9-12-27)22-26-25-21-15-24-10-13-28(21)22;/h2-7,14,16,18,24H,8-13,15H2,1H3;1H. The van der Waals surface area contributed by atoms with Gasteiger partial charge in [-0.25, -0.2) is 0 Å². The normalized spacial score (nSPS) is 18.0. The molecule has 7 heteroatoms. The number of benzene rings is 2. The van der Waals surface area contributed by atoms with Crippen LogP contribution in [0.3, 0.4) is 0 Å². The van der Waals surface area contributed by atoms with E-state index in [9.17, 15) is 4.79 Å². The fraction of sp³-hybridized carbons (Fsp3) is 0.435. The Balaban J connectivity index is 0.00000218. The van der Waals surface area contributed by atoms with E-state index in [1.807, 2.05) is 24.0 Å². The summed E-state index contributed by atoms with van der Waals surface area (Å²) in [5.41, 5.74) is 1.09. The summed E-state index contributed by atoms with van der Waals surface area (Å²) >= 11 is 0. The van der Waals surface area contributed by atoms with Gasteiger partial charge < -0.3 is 14.8 Å². The Bertz CT molecular complexity index is 1040. The summed E-state index contributed by atoms with van der Waals surface area (Å²) in [5.74, 6) is 2.65. The van der Waals surface area contributed by atoms with Crippen molar-refractivity contribution in [2.45, 2.75) is 44.7 Å². The van der Waals surface area contributed by atoms with Gasteiger partial charge in [0.05, 0.1) is 12.5 Å². The van der Waals surface area contributed by atoms with Crippen molar-refractivity contribution < 1.29 is 4.79 Å². The number of amides is 1. The molecule has 2 aliphatic heterocycles. The SMILES string of the molecule is CC(C(=O)N1CCC(c2nnc3n2CCNC3)CC1)c1ccc2ccccc2c1.Cl. The molecule has 1 unspecified atom stereocenters. The number of hydrogen-bond acceptors (Lipinski definition) is 4. The second-order valence-electron chi connectivity index (χ2n) is 8.23. The average molecular weight is 426 g/mol. The molecule has 0 radical (unpaired) electrons. The second kappa shape index (κ2) is 8.74. The first-order valence-electron chi connectivity index (χ1n) is 10.6. The van der Waals surface area contributed by atoms with Crippen molar-refractivity contribution in [1.29, 1.82) is 0 Å². The Morgan fingerprint density at radius 2 is 1.83 bits per heavy atom. The zero-order chi connectivity index (χ0) is 19.8. The lowest BCUT2D eigenvalue weighted by Crippen LogP contribution is -2.40. The van der Waals surface area contributed by atoms with Crippen molar-refractivity contribution in [3.05, 3.63) is 59.7 Å². The van der Waals surface area contributed by atoms with Gasteiger partial charge in [-0.1, -0.05) is 42.5 Å². The number of halogens is 1. The number of hydrogen-bond donors (Lipinski definition) is 1. The van der Waals surface area contributed by atoms with Crippen molar-refractivity contribution >= 4 is 29.1 Å². The third-order valence-corrected chi connectivity index (χ3v) is 6.47. The minimum atomic E-state index is -0.122. The summed E-state index contributed by atoms with van der Waals surface area (Å²) in [4.78, 5) is 15.2. The van der Waals surface area contributed by atoms with E-state index in [4.69, 9.17) is 0 Å². The van der Waals surface area contributed by atoms with Crippen molar-refractivity contribution in [3.8, 4) is 0 Å². The second-order valence-corrected chi connectivity index (χ2v) is 8.23. The molecule has 0 bridgehead atoms. The van der Waals surface area contributed by atoms with Crippen LogP contribution in [0.4, 0.5) is 0 Å². The topological polar surface area (TPSA) is 63.1 Å². The molecule has 5 rings (SSSR count). The maximum atomic E-state index is 13.1. The van der Waals surface area contributed by atoms with E-state index in [-0.39, 0.29) is 24.2 Å². The Kier molecular flexibility index (Phi) is 6.06. The smallest absolute Gasteiger partial charge is 0.229 e. The van der Waals surface area contributed by atoms with Gasteiger partial charge >= 0.3 is 0 Å². The number of carbonyl (C=O) groups excluding carboxylic acids is 1. The highest BCUT2D eigenvalue weighted by atomic mass is 35.5. The molecule has 1 atom stereocenters. The number of rotatable bonds is 3. The van der Waals surface area contributed by atoms with Gasteiger partial charge in [-0.05, 0) is 36.1 Å². The van der Waals surface area contributed by atoms with Gasteiger partial charge in [-0.2, -0.15) is 0 Å². The third-order valence-electron chi connectivity index (χ3n) is 6.47. The zero-order valence-electron chi connectivity index (χ0n) is 17.3. The van der Waals surface area contributed by atoms with Gasteiger partial charge in [0.1, 0.15) is 11.6 Å². The maximum Gasteiger partial charge on any atom is 0.229 e. The number of nitrogens with one attached hydrogen (secondary N) is 1. The van der Waals surface area contributed by atoms with Crippen molar-refractivity contribution in [2.75, 3.05) is 19.6 Å². The first-order valence-corrected chi connectivity index (χ1v) is 10.6. The number of likely N-dealkylation sites (tertiary alicyclic amines) is 1. The summed E-state index contributed by atoms with van der Waals surface area (Å²) < 4.78 is 2.27.